The number of esters is 1. The smallest absolute Gasteiger partial charge is 0.354 e. The van der Waals surface area contributed by atoms with Gasteiger partial charge in [-0.2, -0.15) is 5.26 Å². The molecule has 3 heteroatoms. The molecule has 0 amide bonds. The number of nitriles is 1. The minimum atomic E-state index is -0.639. The fourth-order valence-electron chi connectivity index (χ4n) is 2.23. The maximum absolute atomic E-state index is 12.2. The van der Waals surface area contributed by atoms with E-state index in [9.17, 15) is 10.1 Å². The molecule has 0 N–H and O–H groups in total. The molecule has 0 aliphatic rings. The molecule has 0 atom stereocenters. The van der Waals surface area contributed by atoms with Crippen LogP contribution in [0.3, 0.4) is 0 Å². The van der Waals surface area contributed by atoms with Crippen molar-refractivity contribution in [3.8, 4) is 11.8 Å². The molecule has 2 aromatic carbocycles. The molecule has 0 bridgehead atoms. The number of rotatable bonds is 6. The van der Waals surface area contributed by atoms with E-state index in [1.54, 1.807) is 12.1 Å². The fourth-order valence-corrected chi connectivity index (χ4v) is 2.23. The quantitative estimate of drug-likeness (QED) is 0.331. The molecule has 0 saturated heterocycles. The Morgan fingerprint density at radius 3 is 2.38 bits per heavy atom. The highest BCUT2D eigenvalue weighted by molar-refractivity contribution is 5.99. The molecule has 0 heterocycles. The van der Waals surface area contributed by atoms with Crippen LogP contribution in [0.15, 0.2) is 54.1 Å². The maximum Gasteiger partial charge on any atom is 0.354 e. The van der Waals surface area contributed by atoms with Crippen molar-refractivity contribution in [2.75, 3.05) is 0 Å². The molecule has 0 unspecified atom stereocenters. The van der Waals surface area contributed by atoms with Crippen molar-refractivity contribution in [2.45, 2.75) is 33.1 Å². The molecule has 0 aliphatic carbocycles. The van der Waals surface area contributed by atoms with Crippen LogP contribution in [0.2, 0.25) is 0 Å². The molecular formula is C21H21NO2. The minimum Gasteiger partial charge on any atom is -0.422 e. The predicted molar refractivity (Wildman–Crippen MR) is 95.5 cm³/mol. The Labute approximate surface area is 143 Å². The SMILES string of the molecule is CCCCc1ccc(OC(=O)/C(C#N)=C/c2ccc(C)cc2)cc1. The fraction of sp³-hybridized carbons (Fsp3) is 0.238. The molecule has 3 nitrogen and oxygen atoms in total. The zero-order chi connectivity index (χ0) is 17.4. The third-order valence-electron chi connectivity index (χ3n) is 3.68. The van der Waals surface area contributed by atoms with Crippen LogP contribution in [0.5, 0.6) is 5.75 Å². The summed E-state index contributed by atoms with van der Waals surface area (Å²) < 4.78 is 5.29. The van der Waals surface area contributed by atoms with Crippen LogP contribution < -0.4 is 4.74 Å². The summed E-state index contributed by atoms with van der Waals surface area (Å²) in [6, 6.07) is 16.9. The van der Waals surface area contributed by atoms with Crippen LogP contribution in [0.1, 0.15) is 36.5 Å². The lowest BCUT2D eigenvalue weighted by Crippen LogP contribution is -2.10. The third kappa shape index (κ3) is 5.10. The number of unbranched alkanes of at least 4 members (excludes halogenated alkanes) is 1. The molecule has 0 saturated carbocycles. The van der Waals surface area contributed by atoms with E-state index in [1.165, 1.54) is 11.6 Å². The number of nitrogens with zero attached hydrogens (tertiary/aromatic N) is 1. The van der Waals surface area contributed by atoms with Crippen molar-refractivity contribution in [2.24, 2.45) is 0 Å². The van der Waals surface area contributed by atoms with E-state index in [2.05, 4.69) is 6.92 Å². The van der Waals surface area contributed by atoms with Gasteiger partial charge in [0.1, 0.15) is 17.4 Å². The van der Waals surface area contributed by atoms with Gasteiger partial charge in [-0.15, -0.1) is 0 Å². The van der Waals surface area contributed by atoms with Crippen LogP contribution in [0.4, 0.5) is 0 Å². The van der Waals surface area contributed by atoms with E-state index in [1.807, 2.05) is 49.4 Å². The van der Waals surface area contributed by atoms with Gasteiger partial charge in [0.25, 0.3) is 0 Å². The molecule has 0 radical (unpaired) electrons. The van der Waals surface area contributed by atoms with Crippen molar-refractivity contribution < 1.29 is 9.53 Å². The van der Waals surface area contributed by atoms with Gasteiger partial charge >= 0.3 is 5.97 Å². The first-order chi connectivity index (χ1) is 11.6. The second-order valence-corrected chi connectivity index (χ2v) is 5.72. The zero-order valence-corrected chi connectivity index (χ0v) is 14.1. The minimum absolute atomic E-state index is 0.0195. The lowest BCUT2D eigenvalue weighted by Gasteiger charge is -2.05. The highest BCUT2D eigenvalue weighted by Crippen LogP contribution is 2.16. The Morgan fingerprint density at radius 2 is 1.79 bits per heavy atom. The summed E-state index contributed by atoms with van der Waals surface area (Å²) in [6.45, 7) is 4.14. The summed E-state index contributed by atoms with van der Waals surface area (Å²) in [5.41, 5.74) is 3.11. The molecule has 0 aliphatic heterocycles. The summed E-state index contributed by atoms with van der Waals surface area (Å²) in [4.78, 5) is 12.2. The Kier molecular flexibility index (Phi) is 6.33. The Morgan fingerprint density at radius 1 is 1.12 bits per heavy atom. The number of aryl methyl sites for hydroxylation is 2. The van der Waals surface area contributed by atoms with Gasteiger partial charge in [0, 0.05) is 0 Å². The second kappa shape index (κ2) is 8.69. The number of hydrogen-bond acceptors (Lipinski definition) is 3. The molecule has 0 aromatic heterocycles. The van der Waals surface area contributed by atoms with Gasteiger partial charge in [0.05, 0.1) is 0 Å². The Hall–Kier alpha value is -2.86. The lowest BCUT2D eigenvalue weighted by molar-refractivity contribution is -0.129. The highest BCUT2D eigenvalue weighted by Gasteiger charge is 2.12. The van der Waals surface area contributed by atoms with Gasteiger partial charge in [-0.3, -0.25) is 0 Å². The van der Waals surface area contributed by atoms with Crippen LogP contribution in [-0.2, 0) is 11.2 Å². The van der Waals surface area contributed by atoms with E-state index in [0.29, 0.717) is 5.75 Å². The average molecular weight is 319 g/mol. The summed E-state index contributed by atoms with van der Waals surface area (Å²) in [6.07, 6.45) is 4.84. The van der Waals surface area contributed by atoms with Crippen molar-refractivity contribution in [3.63, 3.8) is 0 Å². The van der Waals surface area contributed by atoms with Crippen LogP contribution in [0.25, 0.3) is 6.08 Å². The summed E-state index contributed by atoms with van der Waals surface area (Å²) in [5.74, 6) is -0.190. The second-order valence-electron chi connectivity index (χ2n) is 5.72. The van der Waals surface area contributed by atoms with Crippen molar-refractivity contribution in [1.82, 2.24) is 0 Å². The standard InChI is InChI=1S/C21H21NO2/c1-3-4-5-17-10-12-20(13-11-17)24-21(23)19(15-22)14-18-8-6-16(2)7-9-18/h6-14H,3-5H2,1-2H3/b19-14+. The summed E-state index contributed by atoms with van der Waals surface area (Å²) in [5, 5.41) is 9.21. The number of ether oxygens (including phenoxy) is 1. The van der Waals surface area contributed by atoms with Crippen LogP contribution in [0, 0.1) is 18.3 Å². The van der Waals surface area contributed by atoms with Gasteiger partial charge in [0.15, 0.2) is 0 Å². The predicted octanol–water partition coefficient (Wildman–Crippen LogP) is 4.85. The van der Waals surface area contributed by atoms with E-state index in [-0.39, 0.29) is 5.57 Å². The molecule has 24 heavy (non-hydrogen) atoms. The maximum atomic E-state index is 12.2. The first-order valence-corrected chi connectivity index (χ1v) is 8.12. The Balaban J connectivity index is 2.06. The third-order valence-corrected chi connectivity index (χ3v) is 3.68. The van der Waals surface area contributed by atoms with Crippen molar-refractivity contribution >= 4 is 12.0 Å². The lowest BCUT2D eigenvalue weighted by atomic mass is 10.1. The number of carbonyl (C=O) groups is 1. The highest BCUT2D eigenvalue weighted by atomic mass is 16.5. The van der Waals surface area contributed by atoms with Gasteiger partial charge in [-0.1, -0.05) is 55.3 Å². The van der Waals surface area contributed by atoms with Gasteiger partial charge in [-0.05, 0) is 49.1 Å². The summed E-state index contributed by atoms with van der Waals surface area (Å²) in [7, 11) is 0. The Bertz CT molecular complexity index is 750. The van der Waals surface area contributed by atoms with E-state index < -0.39 is 5.97 Å². The van der Waals surface area contributed by atoms with E-state index in [0.717, 1.165) is 30.4 Å². The molecule has 0 fully saturated rings. The largest absolute Gasteiger partial charge is 0.422 e. The van der Waals surface area contributed by atoms with Gasteiger partial charge in [-0.25, -0.2) is 4.79 Å². The van der Waals surface area contributed by atoms with Gasteiger partial charge in [0.2, 0.25) is 0 Å². The molecule has 2 rings (SSSR count). The molecule has 0 spiro atoms. The van der Waals surface area contributed by atoms with E-state index >= 15 is 0 Å². The molecular weight excluding hydrogens is 298 g/mol. The number of carbonyl (C=O) groups excluding carboxylic acids is 1. The molecule has 2 aromatic rings. The topological polar surface area (TPSA) is 50.1 Å². The first-order valence-electron chi connectivity index (χ1n) is 8.12. The summed E-state index contributed by atoms with van der Waals surface area (Å²) >= 11 is 0. The van der Waals surface area contributed by atoms with Crippen molar-refractivity contribution in [3.05, 3.63) is 70.8 Å². The first kappa shape index (κ1) is 17.5. The van der Waals surface area contributed by atoms with Crippen molar-refractivity contribution in [1.29, 1.82) is 5.26 Å². The van der Waals surface area contributed by atoms with E-state index in [4.69, 9.17) is 4.74 Å². The number of benzene rings is 2. The normalized spacial score (nSPS) is 11.0. The zero-order valence-electron chi connectivity index (χ0n) is 14.1. The van der Waals surface area contributed by atoms with Crippen LogP contribution in [-0.4, -0.2) is 5.97 Å². The van der Waals surface area contributed by atoms with Crippen LogP contribution >= 0.6 is 0 Å². The number of hydrogen-bond donors (Lipinski definition) is 0. The monoisotopic (exact) mass is 319 g/mol. The molecule has 122 valence electrons. The van der Waals surface area contributed by atoms with Gasteiger partial charge < -0.3 is 4.74 Å². The average Bonchev–Trinajstić information content (AvgIpc) is 2.60.